The van der Waals surface area contributed by atoms with Crippen LogP contribution in [-0.4, -0.2) is 33.5 Å². The van der Waals surface area contributed by atoms with Gasteiger partial charge in [-0.15, -0.1) is 0 Å². The van der Waals surface area contributed by atoms with E-state index in [1.165, 1.54) is 0 Å². The molecule has 1 fully saturated rings. The van der Waals surface area contributed by atoms with Gasteiger partial charge in [0.15, 0.2) is 11.5 Å². The van der Waals surface area contributed by atoms with E-state index in [9.17, 15) is 0 Å². The zero-order valence-corrected chi connectivity index (χ0v) is 17.4. The van der Waals surface area contributed by atoms with E-state index in [1.807, 2.05) is 12.4 Å². The quantitative estimate of drug-likeness (QED) is 0.464. The highest BCUT2D eigenvalue weighted by molar-refractivity contribution is 5.84. The lowest BCUT2D eigenvalue weighted by Gasteiger charge is -2.21. The van der Waals surface area contributed by atoms with Crippen molar-refractivity contribution in [3.8, 4) is 22.5 Å². The van der Waals surface area contributed by atoms with Gasteiger partial charge in [-0.2, -0.15) is 0 Å². The van der Waals surface area contributed by atoms with Crippen LogP contribution >= 0.6 is 0 Å². The molecule has 6 N–H and O–H groups in total. The summed E-state index contributed by atoms with van der Waals surface area (Å²) in [5.74, 6) is 0.873. The number of hydrogen-bond donors (Lipinski definition) is 3. The molecule has 1 aliphatic rings. The van der Waals surface area contributed by atoms with E-state index >= 15 is 0 Å². The number of fused-ring (bicyclic) bond motifs is 1. The second kappa shape index (κ2) is 8.11. The molecule has 1 atom stereocenters. The van der Waals surface area contributed by atoms with Crippen LogP contribution in [-0.2, 0) is 13.1 Å². The molecule has 0 spiro atoms. The van der Waals surface area contributed by atoms with Gasteiger partial charge < -0.3 is 22.1 Å². The van der Waals surface area contributed by atoms with Gasteiger partial charge in [0.05, 0.1) is 11.4 Å². The monoisotopic (exact) mass is 413 g/mol. The third-order valence-electron chi connectivity index (χ3n) is 5.97. The molecule has 2 aromatic heterocycles. The van der Waals surface area contributed by atoms with Crippen LogP contribution in [0.5, 0.6) is 0 Å². The second-order valence-corrected chi connectivity index (χ2v) is 8.05. The van der Waals surface area contributed by atoms with E-state index in [1.54, 1.807) is 0 Å². The van der Waals surface area contributed by atoms with E-state index in [-0.39, 0.29) is 6.04 Å². The summed E-state index contributed by atoms with van der Waals surface area (Å²) < 4.78 is 2.13. The third kappa shape index (κ3) is 3.57. The predicted molar refractivity (Wildman–Crippen MR) is 124 cm³/mol. The van der Waals surface area contributed by atoms with Crippen LogP contribution in [0.15, 0.2) is 60.9 Å². The van der Waals surface area contributed by atoms with Crippen LogP contribution in [0.2, 0.25) is 0 Å². The van der Waals surface area contributed by atoms with Gasteiger partial charge in [0.25, 0.3) is 0 Å². The van der Waals surface area contributed by atoms with Gasteiger partial charge in [-0.3, -0.25) is 4.40 Å². The summed E-state index contributed by atoms with van der Waals surface area (Å²) in [6.07, 6.45) is 4.79. The van der Waals surface area contributed by atoms with E-state index in [4.69, 9.17) is 22.2 Å². The average molecular weight is 414 g/mol. The van der Waals surface area contributed by atoms with E-state index in [2.05, 4.69) is 62.8 Å². The molecule has 7 heteroatoms. The first kappa shape index (κ1) is 19.7. The molecular formula is C24H27N7. The number of benzene rings is 2. The summed E-state index contributed by atoms with van der Waals surface area (Å²) in [6.45, 7) is 2.69. The molecule has 7 nitrogen and oxygen atoms in total. The first-order chi connectivity index (χ1) is 15.2. The van der Waals surface area contributed by atoms with E-state index < -0.39 is 0 Å². The first-order valence-corrected chi connectivity index (χ1v) is 10.6. The van der Waals surface area contributed by atoms with Gasteiger partial charge in [-0.1, -0.05) is 48.5 Å². The van der Waals surface area contributed by atoms with Crippen molar-refractivity contribution in [1.29, 1.82) is 0 Å². The van der Waals surface area contributed by atoms with Crippen LogP contribution < -0.4 is 22.1 Å². The molecule has 0 unspecified atom stereocenters. The highest BCUT2D eigenvalue weighted by atomic mass is 15.3. The molecule has 0 aliphatic carbocycles. The molecule has 31 heavy (non-hydrogen) atoms. The first-order valence-electron chi connectivity index (χ1n) is 10.6. The molecule has 0 saturated carbocycles. The fourth-order valence-corrected chi connectivity index (χ4v) is 4.24. The minimum Gasteiger partial charge on any atom is -0.352 e. The minimum absolute atomic E-state index is 0.160. The number of hydrogen-bond acceptors (Lipinski definition) is 6. The van der Waals surface area contributed by atoms with Crippen molar-refractivity contribution in [3.05, 3.63) is 72.1 Å². The summed E-state index contributed by atoms with van der Waals surface area (Å²) in [5.41, 5.74) is 24.8. The SMILES string of the molecule is NCc1ccc(-c2nc(N3CC[C@H](N)C3)c3nccn3c2-c2ccc(CN)cc2)cc1. The molecule has 158 valence electrons. The summed E-state index contributed by atoms with van der Waals surface area (Å²) in [7, 11) is 0. The number of rotatable bonds is 5. The summed E-state index contributed by atoms with van der Waals surface area (Å²) in [5, 5.41) is 0. The largest absolute Gasteiger partial charge is 0.352 e. The molecule has 1 aliphatic heterocycles. The molecule has 4 aromatic rings. The summed E-state index contributed by atoms with van der Waals surface area (Å²) in [6, 6.07) is 16.8. The Kier molecular flexibility index (Phi) is 5.15. The Labute approximate surface area is 181 Å². The lowest BCUT2D eigenvalue weighted by Crippen LogP contribution is -2.27. The standard InChI is InChI=1S/C24H27N7/c25-13-16-1-5-18(6-2-16)21-22(19-7-3-17(14-26)4-8-19)31-12-10-28-23(31)24(29-21)30-11-9-20(27)15-30/h1-8,10,12,20H,9,11,13-15,25-27H2/t20-/m0/s1. The van der Waals surface area contributed by atoms with Gasteiger partial charge >= 0.3 is 0 Å². The highest BCUT2D eigenvalue weighted by Gasteiger charge is 2.26. The molecule has 0 radical (unpaired) electrons. The fourth-order valence-electron chi connectivity index (χ4n) is 4.24. The molecule has 3 heterocycles. The zero-order valence-electron chi connectivity index (χ0n) is 17.4. The summed E-state index contributed by atoms with van der Waals surface area (Å²) >= 11 is 0. The lowest BCUT2D eigenvalue weighted by molar-refractivity contribution is 0.751. The zero-order chi connectivity index (χ0) is 21.4. The maximum absolute atomic E-state index is 6.19. The smallest absolute Gasteiger partial charge is 0.180 e. The van der Waals surface area contributed by atoms with Crippen LogP contribution in [0.1, 0.15) is 17.5 Å². The van der Waals surface area contributed by atoms with Crippen LogP contribution in [0.25, 0.3) is 28.2 Å². The van der Waals surface area contributed by atoms with Crippen LogP contribution in [0, 0.1) is 0 Å². The fraction of sp³-hybridized carbons (Fsp3) is 0.250. The Morgan fingerprint density at radius 2 is 1.55 bits per heavy atom. The third-order valence-corrected chi connectivity index (χ3v) is 5.97. The number of aromatic nitrogens is 3. The van der Waals surface area contributed by atoms with Crippen molar-refractivity contribution in [3.63, 3.8) is 0 Å². The Bertz CT molecular complexity index is 1200. The Hall–Kier alpha value is -3.26. The number of anilines is 1. The van der Waals surface area contributed by atoms with Crippen molar-refractivity contribution < 1.29 is 0 Å². The highest BCUT2D eigenvalue weighted by Crippen LogP contribution is 2.35. The molecule has 1 saturated heterocycles. The predicted octanol–water partition coefficient (Wildman–Crippen LogP) is 2.52. The number of nitrogens with zero attached hydrogens (tertiary/aromatic N) is 4. The van der Waals surface area contributed by atoms with Gasteiger partial charge in [-0.25, -0.2) is 9.97 Å². The topological polar surface area (TPSA) is 111 Å². The van der Waals surface area contributed by atoms with Crippen molar-refractivity contribution in [2.24, 2.45) is 17.2 Å². The minimum atomic E-state index is 0.160. The second-order valence-electron chi connectivity index (χ2n) is 8.05. The van der Waals surface area contributed by atoms with E-state index in [0.717, 1.165) is 64.6 Å². The van der Waals surface area contributed by atoms with Crippen molar-refractivity contribution in [1.82, 2.24) is 14.4 Å². The molecular weight excluding hydrogens is 386 g/mol. The molecule has 0 amide bonds. The van der Waals surface area contributed by atoms with E-state index in [0.29, 0.717) is 13.1 Å². The van der Waals surface area contributed by atoms with Gasteiger partial charge in [0, 0.05) is 55.7 Å². The van der Waals surface area contributed by atoms with Crippen molar-refractivity contribution in [2.45, 2.75) is 25.6 Å². The Morgan fingerprint density at radius 3 is 2.13 bits per heavy atom. The van der Waals surface area contributed by atoms with Gasteiger partial charge in [-0.05, 0) is 17.5 Å². The normalized spacial score (nSPS) is 16.4. The molecule has 2 aromatic carbocycles. The van der Waals surface area contributed by atoms with Gasteiger partial charge in [0.2, 0.25) is 0 Å². The van der Waals surface area contributed by atoms with Crippen LogP contribution in [0.4, 0.5) is 5.82 Å². The molecule has 5 rings (SSSR count). The number of nitrogens with two attached hydrogens (primary N) is 3. The van der Waals surface area contributed by atoms with Gasteiger partial charge in [0.1, 0.15) is 0 Å². The lowest BCUT2D eigenvalue weighted by atomic mass is 10.0. The molecule has 0 bridgehead atoms. The Balaban J connectivity index is 1.75. The van der Waals surface area contributed by atoms with Crippen molar-refractivity contribution >= 4 is 11.5 Å². The maximum atomic E-state index is 6.19. The van der Waals surface area contributed by atoms with Crippen LogP contribution in [0.3, 0.4) is 0 Å². The maximum Gasteiger partial charge on any atom is 0.180 e. The summed E-state index contributed by atoms with van der Waals surface area (Å²) in [4.78, 5) is 12.1. The van der Waals surface area contributed by atoms with Crippen molar-refractivity contribution in [2.75, 3.05) is 18.0 Å². The Morgan fingerprint density at radius 1 is 0.903 bits per heavy atom. The number of imidazole rings is 1. The average Bonchev–Trinajstić information content (AvgIpc) is 3.47.